The number of nitrogens with zero attached hydrogens (tertiary/aromatic N) is 5. The number of carbonyl (C=O) groups is 1. The number of non-ortho nitro benzene ring substituents is 1. The van der Waals surface area contributed by atoms with Crippen molar-refractivity contribution in [1.29, 1.82) is 0 Å². The lowest BCUT2D eigenvalue weighted by atomic mass is 9.93. The maximum Gasteiger partial charge on any atom is 0.338 e. The molecule has 0 aliphatic carbocycles. The third-order valence-electron chi connectivity index (χ3n) is 8.16. The maximum atomic E-state index is 14.4. The first-order chi connectivity index (χ1) is 22.3. The van der Waals surface area contributed by atoms with Gasteiger partial charge in [0, 0.05) is 60.0 Å². The Balaban J connectivity index is 1.60. The first-order valence-electron chi connectivity index (χ1n) is 14.9. The van der Waals surface area contributed by atoms with Crippen LogP contribution in [0.1, 0.15) is 29.7 Å². The van der Waals surface area contributed by atoms with E-state index in [1.54, 1.807) is 35.4 Å². The SMILES string of the molecule is CCOC(=O)C1=C(c2ccccc2)N=c2s/c(=C\c3cc([N+](=O)[O-])ccc3N3CCN(C)CC3)c(=O)n2C1c1ccc(SC)cc1. The van der Waals surface area contributed by atoms with Crippen LogP contribution in [0.3, 0.4) is 0 Å². The molecule has 12 heteroatoms. The predicted molar refractivity (Wildman–Crippen MR) is 182 cm³/mol. The molecule has 3 heterocycles. The standard InChI is InChI=1S/C34H33N5O5S2/c1-4-44-33(41)29-30(22-8-6-5-7-9-22)35-34-38(31(29)23-10-13-26(45-3)14-11-23)32(40)28(46-34)21-24-20-25(39(42)43)12-15-27(24)37-18-16-36(2)17-19-37/h5-15,20-21,31H,4,16-19H2,1-3H3/b28-21-. The van der Waals surface area contributed by atoms with Crippen LogP contribution in [0.15, 0.2) is 93.1 Å². The molecule has 1 saturated heterocycles. The molecule has 1 fully saturated rings. The van der Waals surface area contributed by atoms with Gasteiger partial charge in [-0.3, -0.25) is 19.5 Å². The Bertz CT molecular complexity index is 2000. The second-order valence-corrected chi connectivity index (χ2v) is 12.9. The van der Waals surface area contributed by atoms with Gasteiger partial charge < -0.3 is 14.5 Å². The van der Waals surface area contributed by atoms with Crippen molar-refractivity contribution in [2.75, 3.05) is 51.0 Å². The Morgan fingerprint density at radius 1 is 1.09 bits per heavy atom. The molecule has 236 valence electrons. The number of thiazole rings is 1. The van der Waals surface area contributed by atoms with Gasteiger partial charge in [0.1, 0.15) is 0 Å². The highest BCUT2D eigenvalue weighted by molar-refractivity contribution is 7.98. The van der Waals surface area contributed by atoms with E-state index in [9.17, 15) is 19.7 Å². The van der Waals surface area contributed by atoms with Crippen LogP contribution in [0.5, 0.6) is 0 Å². The van der Waals surface area contributed by atoms with Crippen molar-refractivity contribution < 1.29 is 14.5 Å². The number of hydrogen-bond acceptors (Lipinski definition) is 10. The molecule has 0 bridgehead atoms. The fourth-order valence-corrected chi connectivity index (χ4v) is 7.19. The number of rotatable bonds is 8. The summed E-state index contributed by atoms with van der Waals surface area (Å²) in [6.07, 6.45) is 3.70. The molecule has 0 amide bonds. The first-order valence-corrected chi connectivity index (χ1v) is 17.0. The van der Waals surface area contributed by atoms with Crippen molar-refractivity contribution in [1.82, 2.24) is 9.47 Å². The number of hydrogen-bond donors (Lipinski definition) is 0. The zero-order chi connectivity index (χ0) is 32.4. The van der Waals surface area contributed by atoms with E-state index >= 15 is 0 Å². The lowest BCUT2D eigenvalue weighted by Gasteiger charge is -2.34. The van der Waals surface area contributed by atoms with Crippen LogP contribution in [0.4, 0.5) is 11.4 Å². The van der Waals surface area contributed by atoms with E-state index in [0.717, 1.165) is 47.9 Å². The first kappa shape index (κ1) is 31.5. The third-order valence-corrected chi connectivity index (χ3v) is 9.88. The molecule has 2 aliphatic rings. The number of thioether (sulfide) groups is 1. The highest BCUT2D eigenvalue weighted by Crippen LogP contribution is 2.36. The number of nitro benzene ring substituents is 1. The highest BCUT2D eigenvalue weighted by atomic mass is 32.2. The van der Waals surface area contributed by atoms with Crippen molar-refractivity contribution in [2.24, 2.45) is 4.99 Å². The molecular weight excluding hydrogens is 623 g/mol. The maximum absolute atomic E-state index is 14.4. The summed E-state index contributed by atoms with van der Waals surface area (Å²) in [5.74, 6) is -0.547. The van der Waals surface area contributed by atoms with Crippen molar-refractivity contribution in [2.45, 2.75) is 17.9 Å². The Kier molecular flexibility index (Phi) is 9.20. The summed E-state index contributed by atoms with van der Waals surface area (Å²) in [5, 5.41) is 11.8. The van der Waals surface area contributed by atoms with Gasteiger partial charge in [-0.05, 0) is 50.1 Å². The smallest absolute Gasteiger partial charge is 0.338 e. The van der Waals surface area contributed by atoms with Gasteiger partial charge in [-0.2, -0.15) is 0 Å². The highest BCUT2D eigenvalue weighted by Gasteiger charge is 2.35. The molecule has 1 aromatic heterocycles. The number of ether oxygens (including phenoxy) is 1. The second kappa shape index (κ2) is 13.5. The van der Waals surface area contributed by atoms with E-state index < -0.39 is 16.9 Å². The second-order valence-electron chi connectivity index (χ2n) is 11.0. The molecule has 0 saturated carbocycles. The molecular formula is C34H33N5O5S2. The van der Waals surface area contributed by atoms with Crippen LogP contribution in [0.25, 0.3) is 11.8 Å². The third kappa shape index (κ3) is 6.15. The summed E-state index contributed by atoms with van der Waals surface area (Å²) in [6, 6.07) is 21.2. The zero-order valence-electron chi connectivity index (χ0n) is 25.7. The predicted octanol–water partition coefficient (Wildman–Crippen LogP) is 4.32. The van der Waals surface area contributed by atoms with E-state index in [4.69, 9.17) is 9.73 Å². The normalized spacial score (nSPS) is 17.1. The van der Waals surface area contributed by atoms with Gasteiger partial charge in [0.15, 0.2) is 4.80 Å². The van der Waals surface area contributed by atoms with Gasteiger partial charge in [-0.15, -0.1) is 11.8 Å². The van der Waals surface area contributed by atoms with Gasteiger partial charge in [-0.25, -0.2) is 9.79 Å². The Morgan fingerprint density at radius 3 is 2.46 bits per heavy atom. The molecule has 0 N–H and O–H groups in total. The number of likely N-dealkylation sites (N-methyl/N-ethyl adjacent to an activating group) is 1. The average molecular weight is 656 g/mol. The quantitative estimate of drug-likeness (QED) is 0.120. The number of anilines is 1. The van der Waals surface area contributed by atoms with Crippen molar-refractivity contribution in [3.63, 3.8) is 0 Å². The largest absolute Gasteiger partial charge is 0.463 e. The minimum Gasteiger partial charge on any atom is -0.463 e. The number of piperazine rings is 1. The summed E-state index contributed by atoms with van der Waals surface area (Å²) >= 11 is 2.80. The molecule has 3 aromatic carbocycles. The van der Waals surface area contributed by atoms with Crippen molar-refractivity contribution in [3.05, 3.63) is 125 Å². The number of nitro groups is 1. The number of carbonyl (C=O) groups excluding carboxylic acids is 1. The molecule has 1 atom stereocenters. The Morgan fingerprint density at radius 2 is 1.80 bits per heavy atom. The fraction of sp³-hybridized carbons (Fsp3) is 0.265. The number of aromatic nitrogens is 1. The monoisotopic (exact) mass is 655 g/mol. The summed E-state index contributed by atoms with van der Waals surface area (Å²) in [6.45, 7) is 5.13. The van der Waals surface area contributed by atoms with E-state index in [0.29, 0.717) is 20.6 Å². The van der Waals surface area contributed by atoms with E-state index in [1.165, 1.54) is 23.5 Å². The van der Waals surface area contributed by atoms with Crippen molar-refractivity contribution >= 4 is 52.2 Å². The average Bonchev–Trinajstić information content (AvgIpc) is 3.38. The van der Waals surface area contributed by atoms with Crippen molar-refractivity contribution in [3.8, 4) is 0 Å². The number of benzene rings is 3. The zero-order valence-corrected chi connectivity index (χ0v) is 27.3. The Labute approximate surface area is 274 Å². The van der Waals surface area contributed by atoms with Crippen LogP contribution in [-0.2, 0) is 9.53 Å². The van der Waals surface area contributed by atoms with E-state index in [-0.39, 0.29) is 23.4 Å². The van der Waals surface area contributed by atoms with Crippen LogP contribution in [0.2, 0.25) is 0 Å². The minimum atomic E-state index is -0.800. The van der Waals surface area contributed by atoms with Crippen LogP contribution < -0.4 is 19.8 Å². The summed E-state index contributed by atoms with van der Waals surface area (Å²) in [7, 11) is 2.06. The molecule has 2 aliphatic heterocycles. The lowest BCUT2D eigenvalue weighted by molar-refractivity contribution is -0.384. The van der Waals surface area contributed by atoms with Gasteiger partial charge in [0.05, 0.1) is 33.4 Å². The molecule has 10 nitrogen and oxygen atoms in total. The molecule has 1 unspecified atom stereocenters. The van der Waals surface area contributed by atoms with Crippen LogP contribution in [-0.4, -0.2) is 66.4 Å². The summed E-state index contributed by atoms with van der Waals surface area (Å²) < 4.78 is 7.47. The number of fused-ring (bicyclic) bond motifs is 1. The van der Waals surface area contributed by atoms with Crippen LogP contribution in [0, 0.1) is 10.1 Å². The van der Waals surface area contributed by atoms with E-state index in [2.05, 4.69) is 16.8 Å². The molecule has 0 radical (unpaired) electrons. The van der Waals surface area contributed by atoms with Gasteiger partial charge in [-0.1, -0.05) is 53.8 Å². The Hall–Kier alpha value is -4.52. The summed E-state index contributed by atoms with van der Waals surface area (Å²) in [5.41, 5.74) is 3.20. The number of esters is 1. The van der Waals surface area contributed by atoms with E-state index in [1.807, 2.05) is 60.9 Å². The molecule has 0 spiro atoms. The topological polar surface area (TPSA) is 110 Å². The lowest BCUT2D eigenvalue weighted by Crippen LogP contribution is -2.44. The van der Waals surface area contributed by atoms with Gasteiger partial charge in [0.25, 0.3) is 11.2 Å². The summed E-state index contributed by atoms with van der Waals surface area (Å²) in [4.78, 5) is 50.3. The minimum absolute atomic E-state index is 0.0559. The van der Waals surface area contributed by atoms with Gasteiger partial charge in [0.2, 0.25) is 0 Å². The molecule has 46 heavy (non-hydrogen) atoms. The van der Waals surface area contributed by atoms with Gasteiger partial charge >= 0.3 is 5.97 Å². The van der Waals surface area contributed by atoms with Crippen LogP contribution >= 0.6 is 23.1 Å². The molecule has 6 rings (SSSR count). The fourth-order valence-electron chi connectivity index (χ4n) is 5.79. The molecule has 4 aromatic rings.